The summed E-state index contributed by atoms with van der Waals surface area (Å²) in [5.74, 6) is -2.08. The largest absolute Gasteiger partial charge is 0.494 e. The maximum absolute atomic E-state index is 13.9. The number of fused-ring (bicyclic) bond motifs is 1. The number of hydrogen-bond acceptors (Lipinski definition) is 6. The number of nitrogens with zero attached hydrogens (tertiary/aromatic N) is 1. The van der Waals surface area contributed by atoms with Crippen LogP contribution in [0, 0.1) is 31.6 Å². The Balaban J connectivity index is 1.48. The average molecular weight is 536 g/mol. The van der Waals surface area contributed by atoms with Gasteiger partial charge in [0.1, 0.15) is 17.4 Å². The molecule has 0 aromatic heterocycles. The number of amides is 3. The van der Waals surface area contributed by atoms with Crippen molar-refractivity contribution in [2.45, 2.75) is 58.3 Å². The van der Waals surface area contributed by atoms with E-state index in [0.29, 0.717) is 30.2 Å². The first kappa shape index (κ1) is 27.1. The summed E-state index contributed by atoms with van der Waals surface area (Å²) in [6.45, 7) is 9.83. The second-order valence-corrected chi connectivity index (χ2v) is 11.2. The van der Waals surface area contributed by atoms with Crippen LogP contribution in [-0.4, -0.2) is 64.7 Å². The minimum atomic E-state index is -1.18. The topological polar surface area (TPSA) is 117 Å². The molecule has 9 heteroatoms. The van der Waals surface area contributed by atoms with E-state index >= 15 is 0 Å². The normalized spacial score (nSPS) is 30.8. The smallest absolute Gasteiger partial charge is 0.250 e. The van der Waals surface area contributed by atoms with Crippen LogP contribution in [0.4, 0.5) is 11.4 Å². The highest BCUT2D eigenvalue weighted by Gasteiger charge is 2.79. The summed E-state index contributed by atoms with van der Waals surface area (Å²) in [6, 6.07) is 11.9. The highest BCUT2D eigenvalue weighted by Crippen LogP contribution is 2.65. The van der Waals surface area contributed by atoms with Gasteiger partial charge in [0.2, 0.25) is 17.7 Å². The molecule has 2 bridgehead atoms. The molecule has 3 saturated heterocycles. The third-order valence-corrected chi connectivity index (χ3v) is 8.77. The minimum absolute atomic E-state index is 0.0242. The predicted molar refractivity (Wildman–Crippen MR) is 146 cm³/mol. The second kappa shape index (κ2) is 9.95. The highest BCUT2D eigenvalue weighted by molar-refractivity contribution is 6.05. The van der Waals surface area contributed by atoms with Gasteiger partial charge in [-0.2, -0.15) is 0 Å². The predicted octanol–water partition coefficient (Wildman–Crippen LogP) is 3.28. The highest BCUT2D eigenvalue weighted by atomic mass is 16.5. The standard InChI is InChI=1S/C30H37N3O6/c1-6-38-21-11-9-20(10-12-21)31-26(35)23-24-28(37)33(13-14-34)25(30(24)16-19(4)29(23,5)39-30)27(36)32-22-15-17(2)7-8-18(22)3/h7-12,15,19,23-25,34H,6,13-14,16H2,1-5H3,(H,31,35)(H,32,36)/t19?,23-,24-,25?,29+,30?/m0/s1. The molecule has 3 aliphatic heterocycles. The van der Waals surface area contributed by atoms with Crippen molar-refractivity contribution in [2.24, 2.45) is 17.8 Å². The number of likely N-dealkylation sites (tertiary alicyclic amines) is 1. The van der Waals surface area contributed by atoms with Gasteiger partial charge in [0.25, 0.3) is 0 Å². The zero-order chi connectivity index (χ0) is 28.1. The number of aliphatic hydroxyl groups excluding tert-OH is 1. The lowest BCUT2D eigenvalue weighted by Crippen LogP contribution is -2.54. The lowest BCUT2D eigenvalue weighted by molar-refractivity contribution is -0.144. The van der Waals surface area contributed by atoms with Crippen LogP contribution in [0.1, 0.15) is 38.3 Å². The van der Waals surface area contributed by atoms with Gasteiger partial charge < -0.3 is 30.1 Å². The van der Waals surface area contributed by atoms with Gasteiger partial charge in [-0.3, -0.25) is 14.4 Å². The van der Waals surface area contributed by atoms with E-state index in [4.69, 9.17) is 9.47 Å². The average Bonchev–Trinajstić information content (AvgIpc) is 3.40. The molecule has 3 aliphatic rings. The fourth-order valence-corrected chi connectivity index (χ4v) is 6.88. The maximum atomic E-state index is 13.9. The fraction of sp³-hybridized carbons (Fsp3) is 0.500. The number of aliphatic hydroxyl groups is 1. The molecule has 6 atom stereocenters. The van der Waals surface area contributed by atoms with E-state index in [1.807, 2.05) is 52.8 Å². The van der Waals surface area contributed by atoms with Crippen LogP contribution in [0.5, 0.6) is 5.75 Å². The molecule has 39 heavy (non-hydrogen) atoms. The van der Waals surface area contributed by atoms with Crippen LogP contribution in [-0.2, 0) is 19.1 Å². The van der Waals surface area contributed by atoms with E-state index in [0.717, 1.165) is 11.1 Å². The number of aryl methyl sites for hydroxylation is 2. The van der Waals surface area contributed by atoms with E-state index in [-0.39, 0.29) is 36.8 Å². The van der Waals surface area contributed by atoms with E-state index in [2.05, 4.69) is 10.6 Å². The molecule has 3 fully saturated rings. The van der Waals surface area contributed by atoms with Crippen LogP contribution in [0.15, 0.2) is 42.5 Å². The van der Waals surface area contributed by atoms with Gasteiger partial charge in [-0.1, -0.05) is 19.1 Å². The number of benzene rings is 2. The fourth-order valence-electron chi connectivity index (χ4n) is 6.88. The first-order valence-electron chi connectivity index (χ1n) is 13.6. The molecule has 0 aliphatic carbocycles. The Hall–Kier alpha value is -3.43. The summed E-state index contributed by atoms with van der Waals surface area (Å²) in [5.41, 5.74) is 1.02. The number of anilines is 2. The SMILES string of the molecule is CCOc1ccc(NC(=O)[C@@H]2[C@H]3C(=O)N(CCO)C(C(=O)Nc4cc(C)ccc4C)C34CC(C)[C@@]2(C)O4)cc1. The summed E-state index contributed by atoms with van der Waals surface area (Å²) in [6.07, 6.45) is 0.458. The van der Waals surface area contributed by atoms with Gasteiger partial charge in [-0.05, 0) is 81.5 Å². The van der Waals surface area contributed by atoms with Crippen molar-refractivity contribution in [1.29, 1.82) is 0 Å². The van der Waals surface area contributed by atoms with Gasteiger partial charge in [0.15, 0.2) is 0 Å². The lowest BCUT2D eigenvalue weighted by atomic mass is 9.62. The quantitative estimate of drug-likeness (QED) is 0.478. The number of ether oxygens (including phenoxy) is 2. The molecule has 3 unspecified atom stereocenters. The van der Waals surface area contributed by atoms with Gasteiger partial charge in [-0.25, -0.2) is 0 Å². The lowest BCUT2D eigenvalue weighted by Gasteiger charge is -2.36. The summed E-state index contributed by atoms with van der Waals surface area (Å²) < 4.78 is 12.2. The van der Waals surface area contributed by atoms with E-state index < -0.39 is 29.1 Å². The summed E-state index contributed by atoms with van der Waals surface area (Å²) in [7, 11) is 0. The molecule has 3 heterocycles. The number of β-amino-alcohol motifs (C(OH)–C–C–N with tert-alkyl or cyclic N) is 1. The Kier molecular flexibility index (Phi) is 6.93. The molecular weight excluding hydrogens is 498 g/mol. The van der Waals surface area contributed by atoms with Crippen molar-refractivity contribution in [3.63, 3.8) is 0 Å². The number of hydrogen-bond donors (Lipinski definition) is 3. The Morgan fingerprint density at radius 2 is 1.85 bits per heavy atom. The molecular formula is C30H37N3O6. The molecule has 0 saturated carbocycles. The van der Waals surface area contributed by atoms with Gasteiger partial charge in [0.05, 0.1) is 30.7 Å². The molecule has 3 N–H and O–H groups in total. The molecule has 2 aromatic rings. The molecule has 9 nitrogen and oxygen atoms in total. The zero-order valence-corrected chi connectivity index (χ0v) is 23.1. The molecule has 1 spiro atoms. The van der Waals surface area contributed by atoms with Crippen molar-refractivity contribution in [3.05, 3.63) is 53.6 Å². The van der Waals surface area contributed by atoms with E-state index in [1.165, 1.54) is 4.90 Å². The summed E-state index contributed by atoms with van der Waals surface area (Å²) >= 11 is 0. The zero-order valence-electron chi connectivity index (χ0n) is 23.1. The van der Waals surface area contributed by atoms with Crippen molar-refractivity contribution in [2.75, 3.05) is 30.4 Å². The molecule has 2 aromatic carbocycles. The Morgan fingerprint density at radius 3 is 2.51 bits per heavy atom. The monoisotopic (exact) mass is 535 g/mol. The third-order valence-electron chi connectivity index (χ3n) is 8.77. The number of rotatable bonds is 8. The number of nitrogens with one attached hydrogen (secondary N) is 2. The Bertz CT molecular complexity index is 1300. The van der Waals surface area contributed by atoms with Gasteiger partial charge >= 0.3 is 0 Å². The molecule has 5 rings (SSSR count). The van der Waals surface area contributed by atoms with Crippen LogP contribution in [0.25, 0.3) is 0 Å². The summed E-state index contributed by atoms with van der Waals surface area (Å²) in [4.78, 5) is 43.1. The van der Waals surface area contributed by atoms with Crippen LogP contribution in [0.2, 0.25) is 0 Å². The van der Waals surface area contributed by atoms with Crippen LogP contribution in [0.3, 0.4) is 0 Å². The van der Waals surface area contributed by atoms with E-state index in [9.17, 15) is 19.5 Å². The maximum Gasteiger partial charge on any atom is 0.250 e. The van der Waals surface area contributed by atoms with Crippen LogP contribution < -0.4 is 15.4 Å². The van der Waals surface area contributed by atoms with Crippen molar-refractivity contribution in [1.82, 2.24) is 4.90 Å². The van der Waals surface area contributed by atoms with Gasteiger partial charge in [0, 0.05) is 17.9 Å². The molecule has 0 radical (unpaired) electrons. The Labute approximate surface area is 228 Å². The second-order valence-electron chi connectivity index (χ2n) is 11.2. The van der Waals surface area contributed by atoms with Crippen LogP contribution >= 0.6 is 0 Å². The van der Waals surface area contributed by atoms with Crippen molar-refractivity contribution < 1.29 is 29.0 Å². The Morgan fingerprint density at radius 1 is 1.13 bits per heavy atom. The molecule has 3 amide bonds. The third kappa shape index (κ3) is 4.28. The van der Waals surface area contributed by atoms with Gasteiger partial charge in [-0.15, -0.1) is 0 Å². The van der Waals surface area contributed by atoms with Crippen molar-refractivity contribution in [3.8, 4) is 5.75 Å². The first-order chi connectivity index (χ1) is 18.6. The number of carbonyl (C=O) groups excluding carboxylic acids is 3. The molecule has 208 valence electrons. The minimum Gasteiger partial charge on any atom is -0.494 e. The first-order valence-corrected chi connectivity index (χ1v) is 13.6. The summed E-state index contributed by atoms with van der Waals surface area (Å²) in [5, 5.41) is 15.8. The van der Waals surface area contributed by atoms with E-state index in [1.54, 1.807) is 24.3 Å². The van der Waals surface area contributed by atoms with Crippen molar-refractivity contribution >= 4 is 29.1 Å². The number of carbonyl (C=O) groups is 3.